The van der Waals surface area contributed by atoms with Crippen LogP contribution < -0.4 is 0 Å². The summed E-state index contributed by atoms with van der Waals surface area (Å²) in [4.78, 5) is 15.3. The van der Waals surface area contributed by atoms with Crippen molar-refractivity contribution in [3.63, 3.8) is 0 Å². The minimum atomic E-state index is -1.63. The number of carbonyl (C=O) groups is 1. The van der Waals surface area contributed by atoms with Gasteiger partial charge in [-0.2, -0.15) is 0 Å². The first kappa shape index (κ1) is 14.7. The van der Waals surface area contributed by atoms with Crippen molar-refractivity contribution in [2.24, 2.45) is 0 Å². The van der Waals surface area contributed by atoms with E-state index in [9.17, 15) is 23.1 Å². The number of hydrogen-bond donors (Lipinski definition) is 1. The first-order valence-electron chi connectivity index (χ1n) is 6.24. The molecule has 0 aliphatic heterocycles. The number of hydrogen-bond acceptors (Lipinski definition) is 4. The Labute approximate surface area is 126 Å². The molecule has 116 valence electrons. The molecule has 0 amide bonds. The molecular weight excluding hydrogens is 313 g/mol. The smallest absolute Gasteiger partial charge is 0.358 e. The van der Waals surface area contributed by atoms with Gasteiger partial charge in [0.1, 0.15) is 5.69 Å². The van der Waals surface area contributed by atoms with Crippen molar-refractivity contribution in [2.75, 3.05) is 0 Å². The summed E-state index contributed by atoms with van der Waals surface area (Å²) in [7, 11) is 0. The first-order valence-corrected chi connectivity index (χ1v) is 6.24. The Morgan fingerprint density at radius 1 is 1.13 bits per heavy atom. The normalized spacial score (nSPS) is 10.7. The number of carboxylic acid groups (broad SMARTS) is 1. The lowest BCUT2D eigenvalue weighted by Crippen LogP contribution is -2.05. The summed E-state index contributed by atoms with van der Waals surface area (Å²) >= 11 is 0. The molecule has 2 aromatic heterocycles. The van der Waals surface area contributed by atoms with Gasteiger partial charge in [0.25, 0.3) is 0 Å². The Hall–Kier alpha value is -3.23. The molecule has 0 saturated heterocycles. The van der Waals surface area contributed by atoms with E-state index in [2.05, 4.69) is 15.3 Å². The second-order valence-electron chi connectivity index (χ2n) is 4.44. The molecule has 0 aliphatic carbocycles. The molecule has 0 aliphatic rings. The van der Waals surface area contributed by atoms with Gasteiger partial charge in [-0.3, -0.25) is 4.98 Å². The molecule has 1 aromatic carbocycles. The average Bonchev–Trinajstić information content (AvgIpc) is 2.98. The van der Waals surface area contributed by atoms with E-state index in [0.717, 1.165) is 4.68 Å². The fourth-order valence-electron chi connectivity index (χ4n) is 2.00. The van der Waals surface area contributed by atoms with Crippen LogP contribution in [0.5, 0.6) is 0 Å². The third kappa shape index (κ3) is 2.52. The van der Waals surface area contributed by atoms with E-state index in [1.54, 1.807) is 12.1 Å². The van der Waals surface area contributed by atoms with Gasteiger partial charge in [-0.15, -0.1) is 5.10 Å². The number of halogens is 3. The summed E-state index contributed by atoms with van der Waals surface area (Å²) in [5.41, 5.74) is -0.570. The maximum atomic E-state index is 13.4. The molecule has 0 bridgehead atoms. The number of aromatic carboxylic acids is 1. The van der Waals surface area contributed by atoms with Gasteiger partial charge in [0.2, 0.25) is 0 Å². The van der Waals surface area contributed by atoms with Crippen LogP contribution in [0.25, 0.3) is 17.1 Å². The monoisotopic (exact) mass is 320 g/mol. The van der Waals surface area contributed by atoms with Gasteiger partial charge in [0, 0.05) is 18.3 Å². The highest BCUT2D eigenvalue weighted by Crippen LogP contribution is 2.25. The van der Waals surface area contributed by atoms with E-state index < -0.39 is 29.1 Å². The molecule has 0 radical (unpaired) electrons. The van der Waals surface area contributed by atoms with E-state index >= 15 is 0 Å². The van der Waals surface area contributed by atoms with Crippen LogP contribution in [0.3, 0.4) is 0 Å². The number of nitrogens with zero attached hydrogens (tertiary/aromatic N) is 4. The zero-order valence-electron chi connectivity index (χ0n) is 11.2. The third-order valence-electron chi connectivity index (χ3n) is 2.99. The highest BCUT2D eigenvalue weighted by molar-refractivity contribution is 5.92. The molecule has 2 heterocycles. The Morgan fingerprint density at radius 2 is 1.83 bits per heavy atom. The molecule has 23 heavy (non-hydrogen) atoms. The SMILES string of the molecule is O=C(O)c1nnn(-c2cc(F)c(F)c(F)c2)c1-c1ccccn1. The van der Waals surface area contributed by atoms with E-state index in [0.29, 0.717) is 12.1 Å². The van der Waals surface area contributed by atoms with Crippen LogP contribution in [0.2, 0.25) is 0 Å². The standard InChI is InChI=1S/C14H7F3N4O2/c15-8-5-7(6-9(16)11(8)17)21-13(10-3-1-2-4-18-10)12(14(22)23)19-20-21/h1-6H,(H,22,23). The maximum absolute atomic E-state index is 13.4. The van der Waals surface area contributed by atoms with Crippen molar-refractivity contribution in [3.05, 3.63) is 59.7 Å². The number of aromatic nitrogens is 4. The molecule has 1 N–H and O–H groups in total. The van der Waals surface area contributed by atoms with Gasteiger partial charge in [0.05, 0.1) is 11.4 Å². The van der Waals surface area contributed by atoms with Crippen LogP contribution in [0.1, 0.15) is 10.5 Å². The van der Waals surface area contributed by atoms with Gasteiger partial charge in [-0.25, -0.2) is 22.6 Å². The average molecular weight is 320 g/mol. The Kier molecular flexibility index (Phi) is 3.53. The molecule has 0 unspecified atom stereocenters. The Bertz CT molecular complexity index is 873. The highest BCUT2D eigenvalue weighted by atomic mass is 19.2. The minimum Gasteiger partial charge on any atom is -0.476 e. The van der Waals surface area contributed by atoms with E-state index in [1.165, 1.54) is 12.3 Å². The van der Waals surface area contributed by atoms with Gasteiger partial charge >= 0.3 is 5.97 Å². The molecule has 0 saturated carbocycles. The van der Waals surface area contributed by atoms with Gasteiger partial charge in [-0.05, 0) is 12.1 Å². The zero-order valence-corrected chi connectivity index (χ0v) is 11.2. The van der Waals surface area contributed by atoms with E-state index in [-0.39, 0.29) is 17.1 Å². The van der Waals surface area contributed by atoms with Crippen molar-refractivity contribution in [2.45, 2.75) is 0 Å². The van der Waals surface area contributed by atoms with Crippen molar-refractivity contribution in [1.29, 1.82) is 0 Å². The lowest BCUT2D eigenvalue weighted by atomic mass is 10.2. The van der Waals surface area contributed by atoms with Crippen LogP contribution in [-0.4, -0.2) is 31.1 Å². The van der Waals surface area contributed by atoms with Crippen molar-refractivity contribution >= 4 is 5.97 Å². The molecule has 3 rings (SSSR count). The molecule has 6 nitrogen and oxygen atoms in total. The maximum Gasteiger partial charge on any atom is 0.358 e. The molecule has 0 spiro atoms. The van der Waals surface area contributed by atoms with Gasteiger partial charge in [-0.1, -0.05) is 11.3 Å². The first-order chi connectivity index (χ1) is 11.0. The van der Waals surface area contributed by atoms with Crippen LogP contribution in [0.4, 0.5) is 13.2 Å². The predicted molar refractivity (Wildman–Crippen MR) is 71.4 cm³/mol. The number of carboxylic acids is 1. The molecule has 0 fully saturated rings. The van der Waals surface area contributed by atoms with E-state index in [1.807, 2.05) is 0 Å². The number of pyridine rings is 1. The van der Waals surface area contributed by atoms with E-state index in [4.69, 9.17) is 0 Å². The number of benzene rings is 1. The zero-order chi connectivity index (χ0) is 16.6. The van der Waals surface area contributed by atoms with Crippen molar-refractivity contribution < 1.29 is 23.1 Å². The van der Waals surface area contributed by atoms with Gasteiger partial charge < -0.3 is 5.11 Å². The molecule has 0 atom stereocenters. The number of rotatable bonds is 3. The fourth-order valence-corrected chi connectivity index (χ4v) is 2.00. The van der Waals surface area contributed by atoms with Crippen LogP contribution in [-0.2, 0) is 0 Å². The largest absolute Gasteiger partial charge is 0.476 e. The summed E-state index contributed by atoms with van der Waals surface area (Å²) < 4.78 is 40.8. The highest BCUT2D eigenvalue weighted by Gasteiger charge is 2.23. The summed E-state index contributed by atoms with van der Waals surface area (Å²) in [6.07, 6.45) is 1.41. The topological polar surface area (TPSA) is 80.9 Å². The summed E-state index contributed by atoms with van der Waals surface area (Å²) in [5, 5.41) is 16.3. The van der Waals surface area contributed by atoms with Crippen LogP contribution in [0.15, 0.2) is 36.5 Å². The van der Waals surface area contributed by atoms with Crippen molar-refractivity contribution in [1.82, 2.24) is 20.0 Å². The summed E-state index contributed by atoms with van der Waals surface area (Å²) in [6.45, 7) is 0. The molecular formula is C14H7F3N4O2. The van der Waals surface area contributed by atoms with Crippen LogP contribution >= 0.6 is 0 Å². The van der Waals surface area contributed by atoms with Crippen molar-refractivity contribution in [3.8, 4) is 17.1 Å². The molecule has 3 aromatic rings. The van der Waals surface area contributed by atoms with Gasteiger partial charge in [0.15, 0.2) is 23.1 Å². The minimum absolute atomic E-state index is 0.0801. The lowest BCUT2D eigenvalue weighted by Gasteiger charge is -2.07. The van der Waals surface area contributed by atoms with Crippen LogP contribution in [0, 0.1) is 17.5 Å². The second-order valence-corrected chi connectivity index (χ2v) is 4.44. The quantitative estimate of drug-likeness (QED) is 0.750. The fraction of sp³-hybridized carbons (Fsp3) is 0. The predicted octanol–water partition coefficient (Wildman–Crippen LogP) is 2.44. The second kappa shape index (κ2) is 5.52. The third-order valence-corrected chi connectivity index (χ3v) is 2.99. The molecule has 9 heteroatoms. The summed E-state index contributed by atoms with van der Waals surface area (Å²) in [5.74, 6) is -5.88. The lowest BCUT2D eigenvalue weighted by molar-refractivity contribution is 0.0691. The summed E-state index contributed by atoms with van der Waals surface area (Å²) in [6, 6.07) is 6.06. The Morgan fingerprint density at radius 3 is 2.39 bits per heavy atom. The Balaban J connectivity index is 2.27.